The van der Waals surface area contributed by atoms with Gasteiger partial charge in [-0.1, -0.05) is 120 Å². The van der Waals surface area contributed by atoms with Crippen molar-refractivity contribution >= 4 is 5.78 Å². The Bertz CT molecular complexity index is 736. The zero-order chi connectivity index (χ0) is 22.2. The maximum absolute atomic E-state index is 12.5. The molecule has 2 heteroatoms. The summed E-state index contributed by atoms with van der Waals surface area (Å²) in [6, 6.07) is 15.3. The van der Waals surface area contributed by atoms with E-state index in [1.807, 2.05) is 36.4 Å². The molecule has 0 fully saturated rings. The highest BCUT2D eigenvalue weighted by molar-refractivity contribution is 5.99. The average Bonchev–Trinajstić information content (AvgIpc) is 2.77. The molecule has 31 heavy (non-hydrogen) atoms. The molecule has 2 nitrogen and oxygen atoms in total. The zero-order valence-electron chi connectivity index (χ0n) is 19.6. The Morgan fingerprint density at radius 2 is 1.23 bits per heavy atom. The second kappa shape index (κ2) is 15.7. The SMILES string of the molecule is CCCCCCCCCCCCCCCc1ccc(C(=O)Cc2ccccc2)c(O)c1. The molecule has 0 radical (unpaired) electrons. The van der Waals surface area contributed by atoms with E-state index in [4.69, 9.17) is 0 Å². The van der Waals surface area contributed by atoms with Gasteiger partial charge in [0.1, 0.15) is 5.75 Å². The van der Waals surface area contributed by atoms with Gasteiger partial charge in [0.05, 0.1) is 5.56 Å². The van der Waals surface area contributed by atoms with E-state index in [0.29, 0.717) is 12.0 Å². The summed E-state index contributed by atoms with van der Waals surface area (Å²) in [6.45, 7) is 2.27. The normalized spacial score (nSPS) is 11.0. The number of aryl methyl sites for hydroxylation is 1. The molecule has 0 atom stereocenters. The topological polar surface area (TPSA) is 37.3 Å². The fourth-order valence-electron chi connectivity index (χ4n) is 4.19. The lowest BCUT2D eigenvalue weighted by atomic mass is 9.98. The molecule has 2 aromatic rings. The first-order chi connectivity index (χ1) is 15.2. The van der Waals surface area contributed by atoms with Gasteiger partial charge in [0, 0.05) is 6.42 Å². The zero-order valence-corrected chi connectivity index (χ0v) is 19.6. The Morgan fingerprint density at radius 1 is 0.677 bits per heavy atom. The van der Waals surface area contributed by atoms with E-state index < -0.39 is 0 Å². The Balaban J connectivity index is 1.55. The lowest BCUT2D eigenvalue weighted by Gasteiger charge is -2.08. The van der Waals surface area contributed by atoms with E-state index in [1.165, 1.54) is 77.0 Å². The van der Waals surface area contributed by atoms with Crippen molar-refractivity contribution in [2.75, 3.05) is 0 Å². The Morgan fingerprint density at radius 3 is 1.77 bits per heavy atom. The fourth-order valence-corrected chi connectivity index (χ4v) is 4.19. The summed E-state index contributed by atoms with van der Waals surface area (Å²) in [5, 5.41) is 10.3. The van der Waals surface area contributed by atoms with E-state index >= 15 is 0 Å². The predicted molar refractivity (Wildman–Crippen MR) is 132 cm³/mol. The summed E-state index contributed by atoms with van der Waals surface area (Å²) in [5.41, 5.74) is 2.53. The van der Waals surface area contributed by atoms with Crippen molar-refractivity contribution in [1.82, 2.24) is 0 Å². The van der Waals surface area contributed by atoms with Crippen LogP contribution in [0.25, 0.3) is 0 Å². The van der Waals surface area contributed by atoms with Gasteiger partial charge < -0.3 is 5.11 Å². The van der Waals surface area contributed by atoms with E-state index in [0.717, 1.165) is 24.0 Å². The van der Waals surface area contributed by atoms with Gasteiger partial charge in [-0.05, 0) is 36.1 Å². The highest BCUT2D eigenvalue weighted by Crippen LogP contribution is 2.22. The standard InChI is InChI=1S/C29H42O2/c1-2-3-4-5-6-7-8-9-10-11-12-13-15-20-26-21-22-27(29(31)24-26)28(30)23-25-18-16-14-17-19-25/h14,16-19,21-22,24,31H,2-13,15,20,23H2,1H3. The van der Waals surface area contributed by atoms with Crippen LogP contribution < -0.4 is 0 Å². The molecule has 0 amide bonds. The number of carbonyl (C=O) groups is 1. The molecule has 0 unspecified atom stereocenters. The number of benzene rings is 2. The van der Waals surface area contributed by atoms with Crippen molar-refractivity contribution < 1.29 is 9.90 Å². The minimum Gasteiger partial charge on any atom is -0.507 e. The summed E-state index contributed by atoms with van der Waals surface area (Å²) in [6.07, 6.45) is 18.9. The summed E-state index contributed by atoms with van der Waals surface area (Å²) >= 11 is 0. The molecule has 0 bridgehead atoms. The quantitative estimate of drug-likeness (QED) is 0.205. The summed E-state index contributed by atoms with van der Waals surface area (Å²) in [7, 11) is 0. The second-order valence-corrected chi connectivity index (χ2v) is 8.93. The molecular weight excluding hydrogens is 380 g/mol. The van der Waals surface area contributed by atoms with E-state index in [2.05, 4.69) is 6.92 Å². The maximum Gasteiger partial charge on any atom is 0.170 e. The van der Waals surface area contributed by atoms with Gasteiger partial charge in [0.15, 0.2) is 5.78 Å². The van der Waals surface area contributed by atoms with Crippen LogP contribution in [0.3, 0.4) is 0 Å². The summed E-state index contributed by atoms with van der Waals surface area (Å²) in [4.78, 5) is 12.5. The molecule has 2 aromatic carbocycles. The van der Waals surface area contributed by atoms with Crippen molar-refractivity contribution in [3.63, 3.8) is 0 Å². The molecule has 170 valence electrons. The Kier molecular flexibility index (Phi) is 12.7. The fraction of sp³-hybridized carbons (Fsp3) is 0.552. The number of ketones is 1. The molecule has 0 aromatic heterocycles. The molecule has 0 saturated heterocycles. The van der Waals surface area contributed by atoms with Gasteiger partial charge in [-0.2, -0.15) is 0 Å². The van der Waals surface area contributed by atoms with Crippen LogP contribution in [0.15, 0.2) is 48.5 Å². The van der Waals surface area contributed by atoms with Crippen LogP contribution in [-0.2, 0) is 12.8 Å². The average molecular weight is 423 g/mol. The largest absolute Gasteiger partial charge is 0.507 e. The number of unbranched alkanes of at least 4 members (excludes halogenated alkanes) is 12. The van der Waals surface area contributed by atoms with Crippen molar-refractivity contribution in [2.24, 2.45) is 0 Å². The highest BCUT2D eigenvalue weighted by Gasteiger charge is 2.12. The number of Topliss-reactive ketones (excluding diaryl/α,β-unsaturated/α-hetero) is 1. The van der Waals surface area contributed by atoms with Gasteiger partial charge in [-0.3, -0.25) is 4.79 Å². The minimum absolute atomic E-state index is 0.0313. The third kappa shape index (κ3) is 10.7. The lowest BCUT2D eigenvalue weighted by molar-refractivity contribution is 0.0990. The third-order valence-electron chi connectivity index (χ3n) is 6.14. The molecular formula is C29H42O2. The van der Waals surface area contributed by atoms with Crippen molar-refractivity contribution in [1.29, 1.82) is 0 Å². The highest BCUT2D eigenvalue weighted by atomic mass is 16.3. The smallest absolute Gasteiger partial charge is 0.170 e. The third-order valence-corrected chi connectivity index (χ3v) is 6.14. The monoisotopic (exact) mass is 422 g/mol. The number of hydrogen-bond donors (Lipinski definition) is 1. The predicted octanol–water partition coefficient (Wildman–Crippen LogP) is 8.45. The van der Waals surface area contributed by atoms with Crippen molar-refractivity contribution in [3.05, 3.63) is 65.2 Å². The first-order valence-electron chi connectivity index (χ1n) is 12.6. The maximum atomic E-state index is 12.5. The molecule has 2 rings (SSSR count). The number of aromatic hydroxyl groups is 1. The molecule has 0 spiro atoms. The minimum atomic E-state index is -0.0313. The van der Waals surface area contributed by atoms with Crippen LogP contribution >= 0.6 is 0 Å². The van der Waals surface area contributed by atoms with Gasteiger partial charge in [-0.15, -0.1) is 0 Å². The van der Waals surface area contributed by atoms with Gasteiger partial charge >= 0.3 is 0 Å². The van der Waals surface area contributed by atoms with E-state index in [-0.39, 0.29) is 11.5 Å². The molecule has 0 aliphatic rings. The molecule has 0 aliphatic carbocycles. The molecule has 0 aliphatic heterocycles. The number of hydrogen-bond acceptors (Lipinski definition) is 2. The second-order valence-electron chi connectivity index (χ2n) is 8.93. The lowest BCUT2D eigenvalue weighted by Crippen LogP contribution is -2.04. The van der Waals surface area contributed by atoms with E-state index in [1.54, 1.807) is 12.1 Å². The number of rotatable bonds is 17. The Hall–Kier alpha value is -2.09. The van der Waals surface area contributed by atoms with Crippen LogP contribution in [0.5, 0.6) is 5.75 Å². The van der Waals surface area contributed by atoms with E-state index in [9.17, 15) is 9.90 Å². The first kappa shape index (κ1) is 25.2. The van der Waals surface area contributed by atoms with Crippen LogP contribution in [0.2, 0.25) is 0 Å². The van der Waals surface area contributed by atoms with Gasteiger partial charge in [0.25, 0.3) is 0 Å². The van der Waals surface area contributed by atoms with Crippen molar-refractivity contribution in [2.45, 2.75) is 103 Å². The summed E-state index contributed by atoms with van der Waals surface area (Å²) in [5.74, 6) is 0.0873. The van der Waals surface area contributed by atoms with Gasteiger partial charge in [0.2, 0.25) is 0 Å². The van der Waals surface area contributed by atoms with Crippen LogP contribution in [-0.4, -0.2) is 10.9 Å². The molecule has 0 saturated carbocycles. The molecule has 1 N–H and O–H groups in total. The summed E-state index contributed by atoms with van der Waals surface area (Å²) < 4.78 is 0. The Labute approximate surface area is 190 Å². The number of phenolic OH excluding ortho intramolecular Hbond substituents is 1. The van der Waals surface area contributed by atoms with Gasteiger partial charge in [-0.25, -0.2) is 0 Å². The van der Waals surface area contributed by atoms with Crippen molar-refractivity contribution in [3.8, 4) is 5.75 Å². The first-order valence-corrected chi connectivity index (χ1v) is 12.6. The van der Waals surface area contributed by atoms with Crippen LogP contribution in [0.1, 0.15) is 112 Å². The van der Waals surface area contributed by atoms with Crippen LogP contribution in [0.4, 0.5) is 0 Å². The van der Waals surface area contributed by atoms with Crippen LogP contribution in [0, 0.1) is 0 Å². The number of carbonyl (C=O) groups excluding carboxylic acids is 1. The number of phenols is 1. The molecule has 0 heterocycles.